The first-order valence-electron chi connectivity index (χ1n) is 8.27. The van der Waals surface area contributed by atoms with E-state index in [4.69, 9.17) is 0 Å². The fourth-order valence-corrected chi connectivity index (χ4v) is 3.07. The third-order valence-corrected chi connectivity index (χ3v) is 4.46. The Morgan fingerprint density at radius 1 is 1.35 bits per heavy atom. The van der Waals surface area contributed by atoms with Crippen molar-refractivity contribution in [2.75, 3.05) is 25.0 Å². The van der Waals surface area contributed by atoms with Crippen LogP contribution in [-0.4, -0.2) is 45.9 Å². The number of anilines is 1. The molecule has 1 saturated heterocycles. The summed E-state index contributed by atoms with van der Waals surface area (Å²) >= 11 is 0. The summed E-state index contributed by atoms with van der Waals surface area (Å²) in [7, 11) is 1.72. The van der Waals surface area contributed by atoms with E-state index >= 15 is 0 Å². The maximum absolute atomic E-state index is 12.6. The van der Waals surface area contributed by atoms with Gasteiger partial charge in [-0.3, -0.25) is 4.79 Å². The molecule has 0 radical (unpaired) electrons. The van der Waals surface area contributed by atoms with Gasteiger partial charge in [-0.25, -0.2) is 9.97 Å². The molecule has 1 fully saturated rings. The standard InChI is InChI=1S/C17H20F3N5O/c1-11-7-21-14(23-11)10-24(2)16(26)12-5-6-25(9-12)15-4-3-13(8-22-15)17(18,19)20/h3-4,7-8,12H,5-6,9-10H2,1-2H3,(H,21,23)/t12-/m1/s1. The van der Waals surface area contributed by atoms with Gasteiger partial charge < -0.3 is 14.8 Å². The minimum atomic E-state index is -4.40. The van der Waals surface area contributed by atoms with Crippen molar-refractivity contribution in [1.82, 2.24) is 19.9 Å². The summed E-state index contributed by atoms with van der Waals surface area (Å²) in [6, 6.07) is 2.37. The van der Waals surface area contributed by atoms with E-state index < -0.39 is 11.7 Å². The Balaban J connectivity index is 1.60. The third-order valence-electron chi connectivity index (χ3n) is 4.46. The number of imidazole rings is 1. The van der Waals surface area contributed by atoms with Crippen molar-refractivity contribution in [1.29, 1.82) is 0 Å². The van der Waals surface area contributed by atoms with Crippen LogP contribution in [0.3, 0.4) is 0 Å². The van der Waals surface area contributed by atoms with E-state index in [1.54, 1.807) is 18.1 Å². The highest BCUT2D eigenvalue weighted by molar-refractivity contribution is 5.79. The lowest BCUT2D eigenvalue weighted by Gasteiger charge is -2.21. The molecule has 0 aromatic carbocycles. The molecular weight excluding hydrogens is 347 g/mol. The number of H-pyrrole nitrogens is 1. The van der Waals surface area contributed by atoms with Gasteiger partial charge in [0.25, 0.3) is 0 Å². The molecule has 0 unspecified atom stereocenters. The Morgan fingerprint density at radius 2 is 2.12 bits per heavy atom. The van der Waals surface area contributed by atoms with Gasteiger partial charge in [-0.05, 0) is 25.5 Å². The highest BCUT2D eigenvalue weighted by atomic mass is 19.4. The van der Waals surface area contributed by atoms with Crippen LogP contribution in [-0.2, 0) is 17.5 Å². The number of carbonyl (C=O) groups excluding carboxylic acids is 1. The van der Waals surface area contributed by atoms with Crippen LogP contribution >= 0.6 is 0 Å². The molecule has 0 bridgehead atoms. The number of amides is 1. The summed E-state index contributed by atoms with van der Waals surface area (Å²) < 4.78 is 37.9. The first-order valence-corrected chi connectivity index (χ1v) is 8.27. The second-order valence-electron chi connectivity index (χ2n) is 6.54. The zero-order valence-corrected chi connectivity index (χ0v) is 14.5. The van der Waals surface area contributed by atoms with Gasteiger partial charge in [0.2, 0.25) is 5.91 Å². The number of hydrogen-bond acceptors (Lipinski definition) is 4. The maximum atomic E-state index is 12.6. The van der Waals surface area contributed by atoms with E-state index in [1.165, 1.54) is 6.07 Å². The summed E-state index contributed by atoms with van der Waals surface area (Å²) in [5, 5.41) is 0. The van der Waals surface area contributed by atoms with Gasteiger partial charge in [0.1, 0.15) is 11.6 Å². The molecule has 1 atom stereocenters. The number of aryl methyl sites for hydroxylation is 1. The predicted molar refractivity (Wildman–Crippen MR) is 89.4 cm³/mol. The fourth-order valence-electron chi connectivity index (χ4n) is 3.07. The predicted octanol–water partition coefficient (Wildman–Crippen LogP) is 2.62. The molecule has 3 rings (SSSR count). The number of hydrogen-bond donors (Lipinski definition) is 1. The summed E-state index contributed by atoms with van der Waals surface area (Å²) in [6.45, 7) is 3.31. The summed E-state index contributed by atoms with van der Waals surface area (Å²) in [4.78, 5) is 27.2. The summed E-state index contributed by atoms with van der Waals surface area (Å²) in [5.74, 6) is 0.962. The van der Waals surface area contributed by atoms with Gasteiger partial charge >= 0.3 is 6.18 Å². The largest absolute Gasteiger partial charge is 0.417 e. The lowest BCUT2D eigenvalue weighted by Crippen LogP contribution is -2.34. The zero-order chi connectivity index (χ0) is 18.9. The molecule has 26 heavy (non-hydrogen) atoms. The molecule has 1 amide bonds. The van der Waals surface area contributed by atoms with Crippen LogP contribution < -0.4 is 4.90 Å². The minimum absolute atomic E-state index is 0.00605. The quantitative estimate of drug-likeness (QED) is 0.902. The molecule has 1 N–H and O–H groups in total. The summed E-state index contributed by atoms with van der Waals surface area (Å²) in [6.07, 6.45) is -1.22. The second-order valence-corrected chi connectivity index (χ2v) is 6.54. The van der Waals surface area contributed by atoms with Gasteiger partial charge in [-0.15, -0.1) is 0 Å². The van der Waals surface area contributed by atoms with E-state index in [0.717, 1.165) is 23.8 Å². The summed E-state index contributed by atoms with van der Waals surface area (Å²) in [5.41, 5.74) is 0.155. The van der Waals surface area contributed by atoms with Gasteiger partial charge in [-0.2, -0.15) is 13.2 Å². The number of carbonyl (C=O) groups is 1. The van der Waals surface area contributed by atoms with E-state index in [-0.39, 0.29) is 11.8 Å². The molecule has 9 heteroatoms. The average Bonchev–Trinajstić information content (AvgIpc) is 3.23. The van der Waals surface area contributed by atoms with Crippen molar-refractivity contribution in [3.05, 3.63) is 41.6 Å². The monoisotopic (exact) mass is 367 g/mol. The van der Waals surface area contributed by atoms with Gasteiger partial charge in [0, 0.05) is 38.2 Å². The second kappa shape index (κ2) is 6.97. The topological polar surface area (TPSA) is 65.1 Å². The number of aromatic amines is 1. The van der Waals surface area contributed by atoms with Crippen molar-refractivity contribution >= 4 is 11.7 Å². The van der Waals surface area contributed by atoms with Gasteiger partial charge in [0.05, 0.1) is 18.0 Å². The highest BCUT2D eigenvalue weighted by Gasteiger charge is 2.33. The van der Waals surface area contributed by atoms with Crippen molar-refractivity contribution < 1.29 is 18.0 Å². The Bertz CT molecular complexity index is 771. The molecule has 2 aromatic heterocycles. The van der Waals surface area contributed by atoms with Crippen LogP contribution in [0.1, 0.15) is 23.5 Å². The number of alkyl halides is 3. The molecule has 2 aromatic rings. The number of nitrogens with one attached hydrogen (secondary N) is 1. The van der Waals surface area contributed by atoms with E-state index in [9.17, 15) is 18.0 Å². The molecule has 3 heterocycles. The number of nitrogens with zero attached hydrogens (tertiary/aromatic N) is 4. The highest BCUT2D eigenvalue weighted by Crippen LogP contribution is 2.30. The van der Waals surface area contributed by atoms with E-state index in [1.807, 2.05) is 11.8 Å². The number of aromatic nitrogens is 3. The lowest BCUT2D eigenvalue weighted by atomic mass is 10.1. The SMILES string of the molecule is Cc1cnc(CN(C)C(=O)[C@@H]2CCN(c3ccc(C(F)(F)F)cn3)C2)[nH]1. The number of rotatable bonds is 4. The van der Waals surface area contributed by atoms with E-state index in [0.29, 0.717) is 31.9 Å². The van der Waals surface area contributed by atoms with Crippen LogP contribution in [0, 0.1) is 12.8 Å². The van der Waals surface area contributed by atoms with Crippen molar-refractivity contribution in [3.63, 3.8) is 0 Å². The Kier molecular flexibility index (Phi) is 4.88. The van der Waals surface area contributed by atoms with E-state index in [2.05, 4.69) is 15.0 Å². The lowest BCUT2D eigenvalue weighted by molar-refractivity contribution is -0.137. The maximum Gasteiger partial charge on any atom is 0.417 e. The van der Waals surface area contributed by atoms with Crippen molar-refractivity contribution in [3.8, 4) is 0 Å². The van der Waals surface area contributed by atoms with Crippen LogP contribution in [0.5, 0.6) is 0 Å². The molecule has 0 saturated carbocycles. The van der Waals surface area contributed by atoms with Crippen molar-refractivity contribution in [2.45, 2.75) is 26.1 Å². The third kappa shape index (κ3) is 3.97. The Morgan fingerprint density at radius 3 is 2.69 bits per heavy atom. The van der Waals surface area contributed by atoms with Crippen LogP contribution in [0.4, 0.5) is 19.0 Å². The first kappa shape index (κ1) is 18.2. The van der Waals surface area contributed by atoms with Crippen molar-refractivity contribution in [2.24, 2.45) is 5.92 Å². The molecule has 1 aliphatic heterocycles. The van der Waals surface area contributed by atoms with Gasteiger partial charge in [-0.1, -0.05) is 0 Å². The average molecular weight is 367 g/mol. The van der Waals surface area contributed by atoms with Crippen LogP contribution in [0.2, 0.25) is 0 Å². The normalized spacial score (nSPS) is 17.6. The van der Waals surface area contributed by atoms with Gasteiger partial charge in [0.15, 0.2) is 0 Å². The number of pyridine rings is 1. The minimum Gasteiger partial charge on any atom is -0.356 e. The molecule has 0 aliphatic carbocycles. The van der Waals surface area contributed by atoms with Crippen LogP contribution in [0.15, 0.2) is 24.5 Å². The Labute approximate surface area is 149 Å². The van der Waals surface area contributed by atoms with Crippen LogP contribution in [0.25, 0.3) is 0 Å². The molecule has 1 aliphatic rings. The first-order chi connectivity index (χ1) is 12.2. The number of halogens is 3. The Hall–Kier alpha value is -2.58. The molecule has 6 nitrogen and oxygen atoms in total. The zero-order valence-electron chi connectivity index (χ0n) is 14.5. The smallest absolute Gasteiger partial charge is 0.356 e. The molecule has 0 spiro atoms. The fraction of sp³-hybridized carbons (Fsp3) is 0.471. The molecule has 140 valence electrons. The molecular formula is C17H20F3N5O.